The van der Waals surface area contributed by atoms with Gasteiger partial charge in [0.25, 0.3) is 0 Å². The molecule has 0 unspecified atom stereocenters. The maximum absolute atomic E-state index is 12.1. The van der Waals surface area contributed by atoms with E-state index in [1.165, 1.54) is 32.4 Å². The van der Waals surface area contributed by atoms with E-state index in [2.05, 4.69) is 5.32 Å². The van der Waals surface area contributed by atoms with Crippen LogP contribution in [0.25, 0.3) is 6.08 Å². The van der Waals surface area contributed by atoms with Crippen molar-refractivity contribution >= 4 is 39.1 Å². The van der Waals surface area contributed by atoms with Gasteiger partial charge in [-0.25, -0.2) is 8.42 Å². The zero-order valence-electron chi connectivity index (χ0n) is 14.4. The van der Waals surface area contributed by atoms with E-state index in [0.29, 0.717) is 27.8 Å². The summed E-state index contributed by atoms with van der Waals surface area (Å²) < 4.78 is 33.5. The van der Waals surface area contributed by atoms with Crippen molar-refractivity contribution in [2.45, 2.75) is 4.90 Å². The Kier molecular flexibility index (Phi) is 6.28. The number of amides is 1. The van der Waals surface area contributed by atoms with Gasteiger partial charge in [-0.1, -0.05) is 17.7 Å². The number of anilines is 1. The predicted molar refractivity (Wildman–Crippen MR) is 102 cm³/mol. The molecule has 0 radical (unpaired) electrons. The van der Waals surface area contributed by atoms with E-state index < -0.39 is 15.7 Å². The second-order valence-electron chi connectivity index (χ2n) is 5.36. The van der Waals surface area contributed by atoms with E-state index in [1.807, 2.05) is 0 Å². The number of hydrogen-bond acceptors (Lipinski definition) is 5. The molecule has 0 aliphatic carbocycles. The Morgan fingerprint density at radius 1 is 1.15 bits per heavy atom. The van der Waals surface area contributed by atoms with Crippen LogP contribution in [0.2, 0.25) is 5.02 Å². The van der Waals surface area contributed by atoms with Gasteiger partial charge in [0.15, 0.2) is 21.3 Å². The maximum atomic E-state index is 12.1. The molecule has 138 valence electrons. The molecule has 26 heavy (non-hydrogen) atoms. The lowest BCUT2D eigenvalue weighted by atomic mass is 10.2. The molecule has 0 bridgehead atoms. The first-order valence-electron chi connectivity index (χ1n) is 7.45. The third-order valence-electron chi connectivity index (χ3n) is 3.41. The molecule has 0 aliphatic heterocycles. The molecule has 2 rings (SSSR count). The van der Waals surface area contributed by atoms with E-state index in [1.54, 1.807) is 30.3 Å². The molecular weight excluding hydrogens is 378 g/mol. The lowest BCUT2D eigenvalue weighted by Gasteiger charge is -2.10. The van der Waals surface area contributed by atoms with Crippen LogP contribution in [0.3, 0.4) is 0 Å². The average molecular weight is 396 g/mol. The second kappa shape index (κ2) is 8.25. The van der Waals surface area contributed by atoms with Crippen LogP contribution in [0, 0.1) is 0 Å². The Balaban J connectivity index is 2.17. The summed E-state index contributed by atoms with van der Waals surface area (Å²) in [6.07, 6.45) is 3.98. The Bertz CT molecular complexity index is 954. The summed E-state index contributed by atoms with van der Waals surface area (Å²) in [6, 6.07) is 9.34. The average Bonchev–Trinajstić information content (AvgIpc) is 2.59. The SMILES string of the molecule is COc1cc(/C=C/C(=O)Nc2cccc(S(C)(=O)=O)c2)cc(Cl)c1OC. The Morgan fingerprint density at radius 3 is 2.50 bits per heavy atom. The fourth-order valence-corrected chi connectivity index (χ4v) is 3.16. The van der Waals surface area contributed by atoms with Crippen molar-refractivity contribution in [2.24, 2.45) is 0 Å². The van der Waals surface area contributed by atoms with Crippen LogP contribution in [0.1, 0.15) is 5.56 Å². The van der Waals surface area contributed by atoms with Gasteiger partial charge in [0, 0.05) is 18.0 Å². The van der Waals surface area contributed by atoms with Crippen molar-refractivity contribution in [3.63, 3.8) is 0 Å². The molecule has 0 aliphatic rings. The van der Waals surface area contributed by atoms with Gasteiger partial charge in [-0.2, -0.15) is 0 Å². The second-order valence-corrected chi connectivity index (χ2v) is 7.78. The zero-order valence-corrected chi connectivity index (χ0v) is 16.0. The topological polar surface area (TPSA) is 81.7 Å². The van der Waals surface area contributed by atoms with Gasteiger partial charge >= 0.3 is 0 Å². The Labute approximate surface area is 157 Å². The summed E-state index contributed by atoms with van der Waals surface area (Å²) in [5.74, 6) is 0.441. The number of halogens is 1. The highest BCUT2D eigenvalue weighted by atomic mass is 35.5. The van der Waals surface area contributed by atoms with Crippen molar-refractivity contribution in [1.29, 1.82) is 0 Å². The molecule has 0 heterocycles. The van der Waals surface area contributed by atoms with Gasteiger partial charge in [0.2, 0.25) is 5.91 Å². The van der Waals surface area contributed by atoms with Crippen molar-refractivity contribution in [1.82, 2.24) is 0 Å². The molecule has 2 aromatic rings. The summed E-state index contributed by atoms with van der Waals surface area (Å²) in [4.78, 5) is 12.2. The number of rotatable bonds is 6. The van der Waals surface area contributed by atoms with Crippen LogP contribution in [0.15, 0.2) is 47.4 Å². The number of carbonyl (C=O) groups is 1. The summed E-state index contributed by atoms with van der Waals surface area (Å²) >= 11 is 6.12. The third-order valence-corrected chi connectivity index (χ3v) is 4.80. The first-order valence-corrected chi connectivity index (χ1v) is 9.72. The van der Waals surface area contributed by atoms with Crippen molar-refractivity contribution in [2.75, 3.05) is 25.8 Å². The van der Waals surface area contributed by atoms with Crippen LogP contribution in [-0.4, -0.2) is 34.8 Å². The summed E-state index contributed by atoms with van der Waals surface area (Å²) in [5, 5.41) is 2.97. The Hall–Kier alpha value is -2.51. The summed E-state index contributed by atoms with van der Waals surface area (Å²) in [5.41, 5.74) is 1.03. The van der Waals surface area contributed by atoms with Crippen LogP contribution in [0.4, 0.5) is 5.69 Å². The summed E-state index contributed by atoms with van der Waals surface area (Å²) in [7, 11) is -0.373. The van der Waals surface area contributed by atoms with E-state index in [9.17, 15) is 13.2 Å². The zero-order chi connectivity index (χ0) is 19.3. The molecule has 0 spiro atoms. The minimum Gasteiger partial charge on any atom is -0.493 e. The lowest BCUT2D eigenvalue weighted by molar-refractivity contribution is -0.111. The first-order chi connectivity index (χ1) is 12.2. The van der Waals surface area contributed by atoms with Gasteiger partial charge in [-0.3, -0.25) is 4.79 Å². The Morgan fingerprint density at radius 2 is 1.88 bits per heavy atom. The molecule has 0 aromatic heterocycles. The standard InChI is InChI=1S/C18H18ClNO5S/c1-24-16-10-12(9-15(19)18(16)25-2)7-8-17(21)20-13-5-4-6-14(11-13)26(3,22)23/h4-11H,1-3H3,(H,20,21)/b8-7+. The number of carbonyl (C=O) groups excluding carboxylic acids is 1. The lowest BCUT2D eigenvalue weighted by Crippen LogP contribution is -2.08. The molecule has 6 nitrogen and oxygen atoms in total. The highest BCUT2D eigenvalue weighted by molar-refractivity contribution is 7.90. The smallest absolute Gasteiger partial charge is 0.248 e. The molecule has 0 atom stereocenters. The number of hydrogen-bond donors (Lipinski definition) is 1. The summed E-state index contributed by atoms with van der Waals surface area (Å²) in [6.45, 7) is 0. The quantitative estimate of drug-likeness (QED) is 0.758. The third kappa shape index (κ3) is 5.00. The maximum Gasteiger partial charge on any atom is 0.248 e. The fraction of sp³-hybridized carbons (Fsp3) is 0.167. The number of benzene rings is 2. The molecule has 0 saturated heterocycles. The largest absolute Gasteiger partial charge is 0.493 e. The van der Waals surface area contributed by atoms with Gasteiger partial charge in [0.1, 0.15) is 0 Å². The van der Waals surface area contributed by atoms with Crippen LogP contribution in [0.5, 0.6) is 11.5 Å². The monoisotopic (exact) mass is 395 g/mol. The minimum atomic E-state index is -3.35. The van der Waals surface area contributed by atoms with E-state index in [-0.39, 0.29) is 4.90 Å². The predicted octanol–water partition coefficient (Wildman–Crippen LogP) is 3.41. The molecule has 2 aromatic carbocycles. The van der Waals surface area contributed by atoms with Gasteiger partial charge in [-0.15, -0.1) is 0 Å². The molecule has 0 fully saturated rings. The molecule has 0 saturated carbocycles. The van der Waals surface area contributed by atoms with Crippen LogP contribution in [-0.2, 0) is 14.6 Å². The van der Waals surface area contributed by atoms with Crippen LogP contribution >= 0.6 is 11.6 Å². The van der Waals surface area contributed by atoms with Crippen molar-refractivity contribution in [3.8, 4) is 11.5 Å². The van der Waals surface area contributed by atoms with Crippen molar-refractivity contribution < 1.29 is 22.7 Å². The van der Waals surface area contributed by atoms with Crippen LogP contribution < -0.4 is 14.8 Å². The highest BCUT2D eigenvalue weighted by Gasteiger charge is 2.10. The normalized spacial score (nSPS) is 11.4. The van der Waals surface area contributed by atoms with E-state index in [4.69, 9.17) is 21.1 Å². The highest BCUT2D eigenvalue weighted by Crippen LogP contribution is 2.36. The number of nitrogens with one attached hydrogen (secondary N) is 1. The van der Waals surface area contributed by atoms with E-state index >= 15 is 0 Å². The van der Waals surface area contributed by atoms with Crippen molar-refractivity contribution in [3.05, 3.63) is 53.1 Å². The van der Waals surface area contributed by atoms with E-state index in [0.717, 1.165) is 6.26 Å². The fourth-order valence-electron chi connectivity index (χ4n) is 2.19. The van der Waals surface area contributed by atoms with Gasteiger partial charge in [0.05, 0.1) is 24.1 Å². The molecular formula is C18H18ClNO5S. The molecule has 8 heteroatoms. The minimum absolute atomic E-state index is 0.131. The molecule has 1 amide bonds. The number of sulfone groups is 1. The first kappa shape index (κ1) is 19.8. The number of methoxy groups -OCH3 is 2. The number of ether oxygens (including phenoxy) is 2. The molecule has 1 N–H and O–H groups in total. The van der Waals surface area contributed by atoms with Gasteiger partial charge in [-0.05, 0) is 42.0 Å². The van der Waals surface area contributed by atoms with Gasteiger partial charge < -0.3 is 14.8 Å².